The topological polar surface area (TPSA) is 114 Å². The molecule has 0 heterocycles. The number of carboxylic acids is 1. The maximum atomic E-state index is 12.2. The van der Waals surface area contributed by atoms with Crippen molar-refractivity contribution in [1.29, 1.82) is 0 Å². The van der Waals surface area contributed by atoms with Crippen LogP contribution >= 0.6 is 0 Å². The second-order valence-electron chi connectivity index (χ2n) is 6.18. The number of hydrogen-bond donors (Lipinski definition) is 3. The van der Waals surface area contributed by atoms with Crippen molar-refractivity contribution in [2.24, 2.45) is 0 Å². The van der Waals surface area contributed by atoms with Crippen molar-refractivity contribution in [2.75, 3.05) is 13.7 Å². The van der Waals surface area contributed by atoms with Crippen molar-refractivity contribution in [2.45, 2.75) is 45.7 Å². The minimum atomic E-state index is -0.907. The Hall–Kier alpha value is -2.77. The van der Waals surface area contributed by atoms with Gasteiger partial charge < -0.3 is 25.2 Å². The third-order valence-electron chi connectivity index (χ3n) is 3.40. The monoisotopic (exact) mass is 366 g/mol. The quantitative estimate of drug-likeness (QED) is 0.579. The largest absolute Gasteiger partial charge is 0.493 e. The molecule has 1 atom stereocenters. The molecule has 0 aliphatic rings. The summed E-state index contributed by atoms with van der Waals surface area (Å²) < 4.78 is 10.7. The maximum absolute atomic E-state index is 12.2. The van der Waals surface area contributed by atoms with Crippen molar-refractivity contribution in [3.05, 3.63) is 23.8 Å². The molecule has 8 heteroatoms. The molecule has 2 amide bonds. The van der Waals surface area contributed by atoms with E-state index in [0.29, 0.717) is 23.5 Å². The van der Waals surface area contributed by atoms with E-state index in [1.54, 1.807) is 19.1 Å². The van der Waals surface area contributed by atoms with E-state index >= 15 is 0 Å². The van der Waals surface area contributed by atoms with E-state index in [0.717, 1.165) is 0 Å². The summed E-state index contributed by atoms with van der Waals surface area (Å²) in [5, 5.41) is 14.1. The molecule has 8 nitrogen and oxygen atoms in total. The molecule has 0 radical (unpaired) electrons. The third kappa shape index (κ3) is 7.42. The molecule has 0 saturated heterocycles. The number of rotatable bonds is 10. The van der Waals surface area contributed by atoms with Gasteiger partial charge in [0.15, 0.2) is 18.1 Å². The Morgan fingerprint density at radius 2 is 1.81 bits per heavy atom. The highest BCUT2D eigenvalue weighted by atomic mass is 16.5. The molecule has 0 aromatic heterocycles. The SMILES string of the molecule is COc1cc(C(=O)NC(C)CCC(=O)O)ccc1OCC(=O)NC(C)C. The van der Waals surface area contributed by atoms with Gasteiger partial charge in [-0.2, -0.15) is 0 Å². The zero-order chi connectivity index (χ0) is 19.7. The summed E-state index contributed by atoms with van der Waals surface area (Å²) in [6.45, 7) is 5.28. The van der Waals surface area contributed by atoms with Crippen molar-refractivity contribution < 1.29 is 29.0 Å². The average Bonchev–Trinajstić information content (AvgIpc) is 2.57. The predicted molar refractivity (Wildman–Crippen MR) is 95.6 cm³/mol. The first kappa shape index (κ1) is 21.3. The standard InChI is InChI=1S/C18H26N2O6/c1-11(2)19-16(21)10-26-14-7-6-13(9-15(14)25-4)18(24)20-12(3)5-8-17(22)23/h6-7,9,11-12H,5,8,10H2,1-4H3,(H,19,21)(H,20,24)(H,22,23). The number of methoxy groups -OCH3 is 1. The van der Waals surface area contributed by atoms with E-state index in [2.05, 4.69) is 10.6 Å². The zero-order valence-electron chi connectivity index (χ0n) is 15.5. The number of benzene rings is 1. The highest BCUT2D eigenvalue weighted by Gasteiger charge is 2.15. The first-order valence-corrected chi connectivity index (χ1v) is 8.35. The number of ether oxygens (including phenoxy) is 2. The van der Waals surface area contributed by atoms with Crippen LogP contribution in [-0.4, -0.2) is 48.7 Å². The number of amides is 2. The van der Waals surface area contributed by atoms with E-state index < -0.39 is 5.97 Å². The Morgan fingerprint density at radius 3 is 2.38 bits per heavy atom. The second kappa shape index (κ2) is 10.3. The Labute approximate surface area is 152 Å². The second-order valence-corrected chi connectivity index (χ2v) is 6.18. The molecule has 0 aliphatic heterocycles. The van der Waals surface area contributed by atoms with Crippen LogP contribution in [0.4, 0.5) is 0 Å². The van der Waals surface area contributed by atoms with Gasteiger partial charge in [-0.15, -0.1) is 0 Å². The number of hydrogen-bond acceptors (Lipinski definition) is 5. The minimum Gasteiger partial charge on any atom is -0.493 e. The Bertz CT molecular complexity index is 645. The summed E-state index contributed by atoms with van der Waals surface area (Å²) in [6.07, 6.45) is 0.320. The first-order valence-electron chi connectivity index (χ1n) is 8.35. The van der Waals surface area contributed by atoms with Crippen molar-refractivity contribution in [1.82, 2.24) is 10.6 Å². The van der Waals surface area contributed by atoms with Crippen molar-refractivity contribution in [3.63, 3.8) is 0 Å². The molecule has 26 heavy (non-hydrogen) atoms. The number of nitrogens with one attached hydrogen (secondary N) is 2. The molecule has 3 N–H and O–H groups in total. The molecule has 144 valence electrons. The third-order valence-corrected chi connectivity index (χ3v) is 3.40. The normalized spacial score (nSPS) is 11.6. The number of aliphatic carboxylic acids is 1. The lowest BCUT2D eigenvalue weighted by molar-refractivity contribution is -0.137. The lowest BCUT2D eigenvalue weighted by Crippen LogP contribution is -2.34. The van der Waals surface area contributed by atoms with Gasteiger partial charge in [0.2, 0.25) is 0 Å². The molecule has 1 aromatic rings. The number of carbonyl (C=O) groups is 3. The van der Waals surface area contributed by atoms with Gasteiger partial charge in [0.05, 0.1) is 7.11 Å². The highest BCUT2D eigenvalue weighted by molar-refractivity contribution is 5.95. The molecule has 0 saturated carbocycles. The van der Waals surface area contributed by atoms with Crippen molar-refractivity contribution >= 4 is 17.8 Å². The van der Waals surface area contributed by atoms with Gasteiger partial charge in [0, 0.05) is 24.1 Å². The van der Waals surface area contributed by atoms with E-state index in [4.69, 9.17) is 14.6 Å². The lowest BCUT2D eigenvalue weighted by Gasteiger charge is -2.15. The fraction of sp³-hybridized carbons (Fsp3) is 0.500. The molecule has 0 fully saturated rings. The van der Waals surface area contributed by atoms with Gasteiger partial charge in [0.25, 0.3) is 11.8 Å². The van der Waals surface area contributed by atoms with Crippen LogP contribution in [0.3, 0.4) is 0 Å². The lowest BCUT2D eigenvalue weighted by atomic mass is 10.1. The van der Waals surface area contributed by atoms with E-state index in [-0.39, 0.29) is 36.9 Å². The molecule has 0 bridgehead atoms. The van der Waals surface area contributed by atoms with E-state index in [1.165, 1.54) is 13.2 Å². The summed E-state index contributed by atoms with van der Waals surface area (Å²) in [5.41, 5.74) is 0.350. The van der Waals surface area contributed by atoms with Crippen LogP contribution in [0, 0.1) is 0 Å². The number of carboxylic acid groups (broad SMARTS) is 1. The van der Waals surface area contributed by atoms with Gasteiger partial charge in [-0.3, -0.25) is 14.4 Å². The van der Waals surface area contributed by atoms with Crippen LogP contribution in [0.5, 0.6) is 11.5 Å². The molecule has 1 unspecified atom stereocenters. The Kier molecular flexibility index (Phi) is 8.41. The Balaban J connectivity index is 2.70. The van der Waals surface area contributed by atoms with Crippen LogP contribution < -0.4 is 20.1 Å². The zero-order valence-corrected chi connectivity index (χ0v) is 15.5. The summed E-state index contributed by atoms with van der Waals surface area (Å²) in [4.78, 5) is 34.5. The smallest absolute Gasteiger partial charge is 0.303 e. The highest BCUT2D eigenvalue weighted by Crippen LogP contribution is 2.28. The molecule has 0 spiro atoms. The predicted octanol–water partition coefficient (Wildman–Crippen LogP) is 1.58. The van der Waals surface area contributed by atoms with Crippen LogP contribution in [0.15, 0.2) is 18.2 Å². The molecule has 0 aliphatic carbocycles. The summed E-state index contributed by atoms with van der Waals surface area (Å²) in [7, 11) is 1.44. The van der Waals surface area contributed by atoms with Crippen LogP contribution in [0.25, 0.3) is 0 Å². The van der Waals surface area contributed by atoms with E-state index in [9.17, 15) is 14.4 Å². The molecular weight excluding hydrogens is 340 g/mol. The first-order chi connectivity index (χ1) is 12.2. The van der Waals surface area contributed by atoms with Gasteiger partial charge >= 0.3 is 5.97 Å². The molecular formula is C18H26N2O6. The fourth-order valence-electron chi connectivity index (χ4n) is 2.15. The van der Waals surface area contributed by atoms with Crippen LogP contribution in [-0.2, 0) is 9.59 Å². The van der Waals surface area contributed by atoms with Gasteiger partial charge in [0.1, 0.15) is 0 Å². The van der Waals surface area contributed by atoms with Gasteiger partial charge in [-0.05, 0) is 45.4 Å². The molecule has 1 aromatic carbocycles. The Morgan fingerprint density at radius 1 is 1.12 bits per heavy atom. The fourth-order valence-corrected chi connectivity index (χ4v) is 2.15. The summed E-state index contributed by atoms with van der Waals surface area (Å²) >= 11 is 0. The average molecular weight is 366 g/mol. The van der Waals surface area contributed by atoms with Gasteiger partial charge in [-0.1, -0.05) is 0 Å². The summed E-state index contributed by atoms with van der Waals surface area (Å²) in [6, 6.07) is 4.35. The van der Waals surface area contributed by atoms with Crippen LogP contribution in [0.2, 0.25) is 0 Å². The van der Waals surface area contributed by atoms with E-state index in [1.807, 2.05) is 13.8 Å². The number of carbonyl (C=O) groups excluding carboxylic acids is 2. The minimum absolute atomic E-state index is 0.0159. The van der Waals surface area contributed by atoms with Crippen molar-refractivity contribution in [3.8, 4) is 11.5 Å². The molecule has 1 rings (SSSR count). The maximum Gasteiger partial charge on any atom is 0.303 e. The van der Waals surface area contributed by atoms with Gasteiger partial charge in [-0.25, -0.2) is 0 Å². The van der Waals surface area contributed by atoms with Crippen LogP contribution in [0.1, 0.15) is 44.0 Å². The summed E-state index contributed by atoms with van der Waals surface area (Å²) in [5.74, 6) is -0.827.